The molecule has 0 aliphatic carbocycles. The van der Waals surface area contributed by atoms with E-state index in [4.69, 9.17) is 0 Å². The van der Waals surface area contributed by atoms with Crippen molar-refractivity contribution in [3.63, 3.8) is 0 Å². The van der Waals surface area contributed by atoms with Gasteiger partial charge in [0.1, 0.15) is 5.76 Å². The molecule has 7 nitrogen and oxygen atoms in total. The number of hydrogen-bond donors (Lipinski definition) is 2. The zero-order valence-corrected chi connectivity index (χ0v) is 18.2. The van der Waals surface area contributed by atoms with E-state index >= 15 is 0 Å². The summed E-state index contributed by atoms with van der Waals surface area (Å²) in [5.74, 6) is -1.48. The van der Waals surface area contributed by atoms with Crippen LogP contribution in [0.25, 0.3) is 16.8 Å². The maximum Gasteiger partial charge on any atom is 0.302 e. The first-order chi connectivity index (χ1) is 16.0. The first-order valence-corrected chi connectivity index (χ1v) is 10.7. The van der Waals surface area contributed by atoms with E-state index in [2.05, 4.69) is 15.0 Å². The van der Waals surface area contributed by atoms with Crippen LogP contribution in [0.3, 0.4) is 0 Å². The number of rotatable bonds is 4. The Bertz CT molecular complexity index is 1400. The third-order valence-electron chi connectivity index (χ3n) is 5.95. The lowest BCUT2D eigenvalue weighted by atomic mass is 9.95. The minimum absolute atomic E-state index is 0.0204. The van der Waals surface area contributed by atoms with Crippen LogP contribution in [-0.4, -0.2) is 31.7 Å². The summed E-state index contributed by atoms with van der Waals surface area (Å²) in [6.07, 6.45) is 4.04. The fraction of sp³-hybridized carbons (Fsp3) is 0.154. The fourth-order valence-electron chi connectivity index (χ4n) is 4.19. The Morgan fingerprint density at radius 3 is 2.48 bits per heavy atom. The van der Waals surface area contributed by atoms with E-state index in [1.54, 1.807) is 36.7 Å². The lowest BCUT2D eigenvalue weighted by molar-refractivity contribution is -0.132. The van der Waals surface area contributed by atoms with Crippen molar-refractivity contribution in [1.82, 2.24) is 15.0 Å². The minimum Gasteiger partial charge on any atom is -0.507 e. The number of aromatic nitrogens is 3. The average Bonchev–Trinajstić information content (AvgIpc) is 3.37. The molecule has 1 aliphatic heterocycles. The Hall–Kier alpha value is -4.26. The predicted octanol–water partition coefficient (Wildman–Crippen LogP) is 4.46. The highest BCUT2D eigenvalue weighted by molar-refractivity contribution is 6.51. The molecule has 1 aliphatic rings. The molecule has 3 heterocycles. The summed E-state index contributed by atoms with van der Waals surface area (Å²) in [5.41, 5.74) is 4.73. The van der Waals surface area contributed by atoms with Gasteiger partial charge in [-0.3, -0.25) is 19.5 Å². The number of aromatic amines is 1. The molecule has 0 radical (unpaired) electrons. The van der Waals surface area contributed by atoms with Crippen molar-refractivity contribution in [2.24, 2.45) is 0 Å². The molecular weight excluding hydrogens is 416 g/mol. The van der Waals surface area contributed by atoms with Gasteiger partial charge in [-0.25, -0.2) is 4.98 Å². The third-order valence-corrected chi connectivity index (χ3v) is 5.95. The Morgan fingerprint density at radius 2 is 1.79 bits per heavy atom. The normalized spacial score (nSPS) is 17.8. The summed E-state index contributed by atoms with van der Waals surface area (Å²) in [4.78, 5) is 39.5. The van der Waals surface area contributed by atoms with Gasteiger partial charge in [-0.2, -0.15) is 0 Å². The van der Waals surface area contributed by atoms with Crippen molar-refractivity contribution < 1.29 is 14.7 Å². The summed E-state index contributed by atoms with van der Waals surface area (Å²) >= 11 is 0. The number of carbonyl (C=O) groups is 2. The van der Waals surface area contributed by atoms with Crippen LogP contribution >= 0.6 is 0 Å². The zero-order chi connectivity index (χ0) is 23.1. The smallest absolute Gasteiger partial charge is 0.302 e. The molecule has 4 aromatic rings. The number of aliphatic hydroxyl groups excluding tert-OH is 1. The Labute approximate surface area is 190 Å². The predicted molar refractivity (Wildman–Crippen MR) is 126 cm³/mol. The quantitative estimate of drug-likeness (QED) is 0.279. The number of pyridine rings is 1. The molecule has 5 rings (SSSR count). The third kappa shape index (κ3) is 3.47. The zero-order valence-electron chi connectivity index (χ0n) is 18.2. The van der Waals surface area contributed by atoms with Gasteiger partial charge < -0.3 is 10.1 Å². The van der Waals surface area contributed by atoms with Gasteiger partial charge in [0.25, 0.3) is 5.78 Å². The summed E-state index contributed by atoms with van der Waals surface area (Å²) in [7, 11) is 0. The molecule has 1 amide bonds. The number of nitrogens with one attached hydrogen (secondary N) is 1. The van der Waals surface area contributed by atoms with Crippen molar-refractivity contribution in [2.45, 2.75) is 26.3 Å². The lowest BCUT2D eigenvalue weighted by Gasteiger charge is -2.22. The fourth-order valence-corrected chi connectivity index (χ4v) is 4.19. The second kappa shape index (κ2) is 8.02. The highest BCUT2D eigenvalue weighted by Gasteiger charge is 2.48. The first-order valence-electron chi connectivity index (χ1n) is 10.7. The molecule has 2 N–H and O–H groups in total. The Balaban J connectivity index is 1.70. The van der Waals surface area contributed by atoms with Gasteiger partial charge in [-0.1, -0.05) is 37.3 Å². The Morgan fingerprint density at radius 1 is 1.06 bits per heavy atom. The number of aryl methyl sites for hydroxylation is 2. The summed E-state index contributed by atoms with van der Waals surface area (Å²) in [5, 5.41) is 11.2. The van der Waals surface area contributed by atoms with Crippen LogP contribution in [0.4, 0.5) is 5.95 Å². The second-order valence-electron chi connectivity index (χ2n) is 8.08. The van der Waals surface area contributed by atoms with Crippen molar-refractivity contribution >= 4 is 34.4 Å². The molecule has 1 saturated heterocycles. The molecule has 33 heavy (non-hydrogen) atoms. The van der Waals surface area contributed by atoms with Crippen molar-refractivity contribution in [1.29, 1.82) is 0 Å². The number of amides is 1. The van der Waals surface area contributed by atoms with Gasteiger partial charge in [-0.05, 0) is 54.3 Å². The molecule has 7 heteroatoms. The number of fused-ring (bicyclic) bond motifs is 1. The molecule has 0 saturated carbocycles. The molecule has 1 fully saturated rings. The van der Waals surface area contributed by atoms with E-state index in [9.17, 15) is 14.7 Å². The summed E-state index contributed by atoms with van der Waals surface area (Å²) < 4.78 is 0. The summed E-state index contributed by atoms with van der Waals surface area (Å²) in [6, 6.07) is 15.6. The van der Waals surface area contributed by atoms with Crippen LogP contribution in [0.2, 0.25) is 0 Å². The topological polar surface area (TPSA) is 99.2 Å². The van der Waals surface area contributed by atoms with E-state index < -0.39 is 17.7 Å². The maximum absolute atomic E-state index is 13.2. The number of anilines is 1. The molecule has 1 unspecified atom stereocenters. The van der Waals surface area contributed by atoms with Gasteiger partial charge in [0.2, 0.25) is 5.95 Å². The van der Waals surface area contributed by atoms with Crippen molar-refractivity contribution in [3.8, 4) is 0 Å². The van der Waals surface area contributed by atoms with E-state index in [1.165, 1.54) is 4.90 Å². The van der Waals surface area contributed by atoms with Crippen LogP contribution in [0.15, 0.2) is 72.6 Å². The van der Waals surface area contributed by atoms with Crippen LogP contribution in [0, 0.1) is 6.92 Å². The van der Waals surface area contributed by atoms with E-state index in [0.29, 0.717) is 16.6 Å². The maximum atomic E-state index is 13.2. The molecule has 2 aromatic heterocycles. The number of aliphatic hydroxyl groups is 1. The van der Waals surface area contributed by atoms with Crippen LogP contribution in [0.1, 0.15) is 35.2 Å². The number of H-pyrrole nitrogens is 1. The van der Waals surface area contributed by atoms with Gasteiger partial charge in [-0.15, -0.1) is 0 Å². The molecule has 0 bridgehead atoms. The molecular formula is C26H22N4O3. The summed E-state index contributed by atoms with van der Waals surface area (Å²) in [6.45, 7) is 4.01. The van der Waals surface area contributed by atoms with Crippen molar-refractivity contribution in [3.05, 3.63) is 94.8 Å². The average molecular weight is 438 g/mol. The van der Waals surface area contributed by atoms with E-state index in [0.717, 1.165) is 23.1 Å². The molecule has 1 atom stereocenters. The largest absolute Gasteiger partial charge is 0.507 e. The highest BCUT2D eigenvalue weighted by atomic mass is 16.3. The molecule has 0 spiro atoms. The van der Waals surface area contributed by atoms with Gasteiger partial charge in [0, 0.05) is 18.0 Å². The standard InChI is InChI=1S/C26H22N4O3/c1-3-16-5-7-18(8-6-16)23(31)21-22(17-10-12-27-13-11-17)30(25(33)24(21)32)26-28-19-9-4-15(2)14-20(19)29-26/h4-14,22,31H,3H2,1-2H3,(H,28,29)/b23-21+. The first kappa shape index (κ1) is 20.6. The number of imidazole rings is 1. The van der Waals surface area contributed by atoms with E-state index in [1.807, 2.05) is 44.2 Å². The second-order valence-corrected chi connectivity index (χ2v) is 8.08. The minimum atomic E-state index is -0.847. The molecule has 2 aromatic carbocycles. The lowest BCUT2D eigenvalue weighted by Crippen LogP contribution is -2.30. The number of hydrogen-bond acceptors (Lipinski definition) is 5. The number of carbonyl (C=O) groups excluding carboxylic acids is 2. The van der Waals surface area contributed by atoms with Crippen LogP contribution in [0.5, 0.6) is 0 Å². The number of ketones is 1. The number of Topliss-reactive ketones (excluding diaryl/α,β-unsaturated/α-hetero) is 1. The van der Waals surface area contributed by atoms with E-state index in [-0.39, 0.29) is 17.3 Å². The van der Waals surface area contributed by atoms with Crippen LogP contribution < -0.4 is 4.90 Å². The van der Waals surface area contributed by atoms with Gasteiger partial charge in [0.05, 0.1) is 22.6 Å². The monoisotopic (exact) mass is 438 g/mol. The SMILES string of the molecule is CCc1ccc(/C(O)=C2\C(=O)C(=O)N(c3nc4ccc(C)cc4[nH]3)C2c2ccncc2)cc1. The van der Waals surface area contributed by atoms with Crippen molar-refractivity contribution in [2.75, 3.05) is 4.90 Å². The van der Waals surface area contributed by atoms with Crippen LogP contribution in [-0.2, 0) is 16.0 Å². The number of nitrogens with zero attached hydrogens (tertiary/aromatic N) is 3. The number of benzene rings is 2. The van der Waals surface area contributed by atoms with Gasteiger partial charge in [0.15, 0.2) is 0 Å². The molecule has 164 valence electrons. The Kier molecular flexibility index (Phi) is 5.01. The highest BCUT2D eigenvalue weighted by Crippen LogP contribution is 2.41. The van der Waals surface area contributed by atoms with Gasteiger partial charge >= 0.3 is 5.91 Å².